The molecule has 0 bridgehead atoms. The van der Waals surface area contributed by atoms with E-state index in [1.54, 1.807) is 30.4 Å². The van der Waals surface area contributed by atoms with E-state index in [0.29, 0.717) is 5.88 Å². The van der Waals surface area contributed by atoms with Crippen LogP contribution in [0.3, 0.4) is 0 Å². The molecule has 12 rings (SSSR count). The van der Waals surface area contributed by atoms with Gasteiger partial charge in [-0.15, -0.1) is 0 Å². The van der Waals surface area contributed by atoms with E-state index >= 15 is 0 Å². The van der Waals surface area contributed by atoms with Gasteiger partial charge >= 0.3 is 0 Å². The zero-order chi connectivity index (χ0) is 35.4. The molecular weight excluding hydrogens is 721 g/mol. The van der Waals surface area contributed by atoms with Crippen molar-refractivity contribution in [1.82, 2.24) is 19.9 Å². The average molecular weight is 747 g/mol. The highest BCUT2D eigenvalue weighted by Crippen LogP contribution is 2.61. The molecule has 0 N–H and O–H groups in total. The van der Waals surface area contributed by atoms with Crippen molar-refractivity contribution in [2.45, 2.75) is 25.1 Å². The van der Waals surface area contributed by atoms with Crippen LogP contribution < -0.4 is 30.4 Å². The summed E-state index contributed by atoms with van der Waals surface area (Å²) >= 11 is 3.52. The van der Waals surface area contributed by atoms with Gasteiger partial charge < -0.3 is 9.47 Å². The van der Waals surface area contributed by atoms with Gasteiger partial charge in [-0.2, -0.15) is 0 Å². The van der Waals surface area contributed by atoms with E-state index in [1.165, 1.54) is 31.4 Å². The summed E-state index contributed by atoms with van der Waals surface area (Å²) in [6.45, 7) is 0. The SMILES string of the molecule is c1ccc2c(c1)Oc1ccc(-c3ccc4c(c3)C3(c5ccccc5S4)c4ccccc4Sc4nccnc43)cc1[Si]21c2ccccc2Oc2nccnc21. The van der Waals surface area contributed by atoms with Gasteiger partial charge in [0.15, 0.2) is 0 Å². The van der Waals surface area contributed by atoms with Crippen LogP contribution in [0.25, 0.3) is 11.1 Å². The molecule has 6 aromatic carbocycles. The fraction of sp³-hybridized carbons (Fsp3) is 0.0222. The fourth-order valence-corrected chi connectivity index (χ4v) is 16.2. The second-order valence-electron chi connectivity index (χ2n) is 13.7. The van der Waals surface area contributed by atoms with Gasteiger partial charge in [0.25, 0.3) is 0 Å². The van der Waals surface area contributed by atoms with Crippen LogP contribution in [0, 0.1) is 0 Å². The minimum atomic E-state index is -3.08. The second-order valence-corrected chi connectivity index (χ2v) is 19.4. The Bertz CT molecular complexity index is 2500. The molecular formula is C45H26N4O2S2Si. The maximum absolute atomic E-state index is 6.75. The monoisotopic (exact) mass is 746 g/mol. The third-order valence-electron chi connectivity index (χ3n) is 11.2. The van der Waals surface area contributed by atoms with Crippen molar-refractivity contribution in [3.05, 3.63) is 181 Å². The topological polar surface area (TPSA) is 70.0 Å². The van der Waals surface area contributed by atoms with Gasteiger partial charge in [0.2, 0.25) is 14.0 Å². The van der Waals surface area contributed by atoms with Crippen LogP contribution in [-0.2, 0) is 5.41 Å². The van der Waals surface area contributed by atoms with Gasteiger partial charge in [0.05, 0.1) is 11.1 Å². The lowest BCUT2D eigenvalue weighted by atomic mass is 9.66. The van der Waals surface area contributed by atoms with Crippen molar-refractivity contribution >= 4 is 52.5 Å². The summed E-state index contributed by atoms with van der Waals surface area (Å²) in [6.07, 6.45) is 7.13. The lowest BCUT2D eigenvalue weighted by Crippen LogP contribution is -2.78. The Hall–Kier alpha value is -6.00. The van der Waals surface area contributed by atoms with E-state index < -0.39 is 13.5 Å². The van der Waals surface area contributed by atoms with E-state index in [-0.39, 0.29) is 0 Å². The van der Waals surface area contributed by atoms with Crippen LogP contribution in [0.4, 0.5) is 0 Å². The lowest BCUT2D eigenvalue weighted by molar-refractivity contribution is 0.464. The standard InChI is InChI=1S/C45H26N4O2S2Si/c1-5-13-35-29(9-1)45(30-10-2-6-14-36(30)53-43-41(45)46-21-23-48-43)31-25-27(18-20-37(31)52-35)28-17-19-34-40(26-28)54(38-15-7-3-11-32(38)50-34)39-16-8-4-12-33(39)51-42-44(54)49-24-22-47-42/h1-26H. The van der Waals surface area contributed by atoms with E-state index in [9.17, 15) is 0 Å². The molecule has 0 saturated heterocycles. The molecule has 2 aromatic heterocycles. The minimum absolute atomic E-state index is 0.552. The van der Waals surface area contributed by atoms with Crippen molar-refractivity contribution in [3.8, 4) is 34.3 Å². The quantitative estimate of drug-likeness (QED) is 0.158. The molecule has 4 aliphatic heterocycles. The summed E-state index contributed by atoms with van der Waals surface area (Å²) in [5, 5.41) is 5.21. The number of ether oxygens (including phenoxy) is 2. The van der Waals surface area contributed by atoms with Crippen molar-refractivity contribution in [1.29, 1.82) is 0 Å². The molecule has 254 valence electrons. The first-order valence-corrected chi connectivity index (χ1v) is 21.4. The first-order chi connectivity index (χ1) is 26.7. The highest BCUT2D eigenvalue weighted by Gasteiger charge is 2.55. The van der Waals surface area contributed by atoms with E-state index in [4.69, 9.17) is 29.4 Å². The molecule has 4 aliphatic rings. The third kappa shape index (κ3) is 3.93. The Labute approximate surface area is 320 Å². The molecule has 2 spiro atoms. The first kappa shape index (κ1) is 30.5. The van der Waals surface area contributed by atoms with Crippen LogP contribution in [0.2, 0.25) is 0 Å². The highest BCUT2D eigenvalue weighted by molar-refractivity contribution is 7.99. The number of hydrogen-bond donors (Lipinski definition) is 0. The lowest BCUT2D eigenvalue weighted by Gasteiger charge is -2.44. The third-order valence-corrected chi connectivity index (χ3v) is 18.1. The van der Waals surface area contributed by atoms with E-state index in [2.05, 4.69) is 115 Å². The van der Waals surface area contributed by atoms with Gasteiger partial charge in [0.1, 0.15) is 27.6 Å². The number of benzene rings is 6. The van der Waals surface area contributed by atoms with E-state index in [0.717, 1.165) is 60.0 Å². The molecule has 0 fully saturated rings. The molecule has 6 heterocycles. The van der Waals surface area contributed by atoms with Crippen LogP contribution in [0.5, 0.6) is 23.1 Å². The first-order valence-electron chi connectivity index (χ1n) is 17.8. The van der Waals surface area contributed by atoms with Crippen LogP contribution >= 0.6 is 23.5 Å². The fourth-order valence-electron chi connectivity index (χ4n) is 9.04. The van der Waals surface area contributed by atoms with Gasteiger partial charge in [0, 0.05) is 44.7 Å². The van der Waals surface area contributed by atoms with Crippen molar-refractivity contribution < 1.29 is 9.47 Å². The summed E-state index contributed by atoms with van der Waals surface area (Å²) < 4.78 is 13.2. The zero-order valence-corrected chi connectivity index (χ0v) is 31.1. The summed E-state index contributed by atoms with van der Waals surface area (Å²) in [4.78, 5) is 23.5. The van der Waals surface area contributed by atoms with Gasteiger partial charge in [-0.25, -0.2) is 9.97 Å². The molecule has 54 heavy (non-hydrogen) atoms. The highest BCUT2D eigenvalue weighted by atomic mass is 32.2. The molecule has 2 unspecified atom stereocenters. The summed E-state index contributed by atoms with van der Waals surface area (Å²) in [5.74, 6) is 3.04. The molecule has 8 aromatic rings. The zero-order valence-electron chi connectivity index (χ0n) is 28.4. The van der Waals surface area contributed by atoms with Crippen LogP contribution in [0.1, 0.15) is 22.4 Å². The van der Waals surface area contributed by atoms with Gasteiger partial charge in [-0.1, -0.05) is 115 Å². The minimum Gasteiger partial charge on any atom is -0.458 e. The Kier molecular flexibility index (Phi) is 6.35. The molecule has 0 radical (unpaired) electrons. The number of para-hydroxylation sites is 2. The Balaban J connectivity index is 1.14. The molecule has 6 nitrogen and oxygen atoms in total. The number of fused-ring (bicyclic) bond motifs is 16. The van der Waals surface area contributed by atoms with E-state index in [1.807, 2.05) is 36.2 Å². The summed E-state index contributed by atoms with van der Waals surface area (Å²) in [5.41, 5.74) is 6.18. The molecule has 0 saturated carbocycles. The summed E-state index contributed by atoms with van der Waals surface area (Å²) in [7, 11) is -3.08. The predicted octanol–water partition coefficient (Wildman–Crippen LogP) is 7.83. The van der Waals surface area contributed by atoms with Crippen LogP contribution in [0.15, 0.2) is 178 Å². The van der Waals surface area contributed by atoms with Crippen molar-refractivity contribution in [3.63, 3.8) is 0 Å². The smallest absolute Gasteiger partial charge is 0.237 e. The van der Waals surface area contributed by atoms with Gasteiger partial charge in [-0.3, -0.25) is 9.97 Å². The van der Waals surface area contributed by atoms with Crippen LogP contribution in [-0.4, -0.2) is 28.0 Å². The number of rotatable bonds is 1. The number of aromatic nitrogens is 4. The maximum Gasteiger partial charge on any atom is 0.237 e. The molecule has 2 atom stereocenters. The Morgan fingerprint density at radius 2 is 1.06 bits per heavy atom. The van der Waals surface area contributed by atoms with Gasteiger partial charge in [-0.05, 0) is 80.7 Å². The predicted molar refractivity (Wildman–Crippen MR) is 213 cm³/mol. The Morgan fingerprint density at radius 3 is 1.87 bits per heavy atom. The number of hydrogen-bond acceptors (Lipinski definition) is 8. The second kappa shape index (κ2) is 11.3. The largest absolute Gasteiger partial charge is 0.458 e. The number of nitrogens with zero attached hydrogens (tertiary/aromatic N) is 4. The molecule has 0 aliphatic carbocycles. The maximum atomic E-state index is 6.75. The van der Waals surface area contributed by atoms with Crippen molar-refractivity contribution in [2.24, 2.45) is 0 Å². The molecule has 9 heteroatoms. The Morgan fingerprint density at radius 1 is 0.463 bits per heavy atom. The normalized spacial score (nSPS) is 19.0. The summed E-state index contributed by atoms with van der Waals surface area (Å²) in [6, 6.07) is 47.9. The molecule has 0 amide bonds. The average Bonchev–Trinajstić information content (AvgIpc) is 3.23. The van der Waals surface area contributed by atoms with Crippen molar-refractivity contribution in [2.75, 3.05) is 0 Å².